The van der Waals surface area contributed by atoms with Crippen LogP contribution < -0.4 is 4.74 Å². The second-order valence-corrected chi connectivity index (χ2v) is 6.99. The highest BCUT2D eigenvalue weighted by Crippen LogP contribution is 2.27. The van der Waals surface area contributed by atoms with Crippen LogP contribution in [0.15, 0.2) is 18.3 Å². The first-order valence-electron chi connectivity index (χ1n) is 9.12. The van der Waals surface area contributed by atoms with Crippen molar-refractivity contribution in [1.29, 1.82) is 0 Å². The Kier molecular flexibility index (Phi) is 4.65. The first-order valence-corrected chi connectivity index (χ1v) is 9.12. The van der Waals surface area contributed by atoms with Crippen LogP contribution in [0.25, 0.3) is 0 Å². The van der Waals surface area contributed by atoms with E-state index in [4.69, 9.17) is 4.74 Å². The Morgan fingerprint density at radius 2 is 2.08 bits per heavy atom. The molecule has 1 atom stereocenters. The second-order valence-electron chi connectivity index (χ2n) is 6.99. The van der Waals surface area contributed by atoms with Crippen molar-refractivity contribution in [2.24, 2.45) is 0 Å². The van der Waals surface area contributed by atoms with E-state index in [0.29, 0.717) is 12.1 Å². The van der Waals surface area contributed by atoms with Gasteiger partial charge < -0.3 is 9.30 Å². The van der Waals surface area contributed by atoms with Crippen LogP contribution in [0.3, 0.4) is 0 Å². The van der Waals surface area contributed by atoms with Crippen LogP contribution in [0.2, 0.25) is 0 Å². The van der Waals surface area contributed by atoms with Gasteiger partial charge in [-0.25, -0.2) is 9.37 Å². The van der Waals surface area contributed by atoms with Crippen molar-refractivity contribution < 1.29 is 9.13 Å². The lowest BCUT2D eigenvalue weighted by atomic mass is 10.1. The van der Waals surface area contributed by atoms with Crippen molar-refractivity contribution in [3.05, 3.63) is 35.8 Å². The van der Waals surface area contributed by atoms with Crippen molar-refractivity contribution in [3.8, 4) is 5.88 Å². The van der Waals surface area contributed by atoms with Crippen LogP contribution >= 0.6 is 0 Å². The van der Waals surface area contributed by atoms with Gasteiger partial charge >= 0.3 is 0 Å². The van der Waals surface area contributed by atoms with Crippen molar-refractivity contribution >= 4 is 0 Å². The predicted molar refractivity (Wildman–Crippen MR) is 90.7 cm³/mol. The second kappa shape index (κ2) is 7.07. The molecule has 134 valence electrons. The zero-order chi connectivity index (χ0) is 17.2. The van der Waals surface area contributed by atoms with Gasteiger partial charge in [0, 0.05) is 37.8 Å². The summed E-state index contributed by atoms with van der Waals surface area (Å²) in [6, 6.07) is 4.06. The number of halogens is 1. The number of hydrogen-bond donors (Lipinski definition) is 0. The fourth-order valence-corrected chi connectivity index (χ4v) is 4.09. The van der Waals surface area contributed by atoms with Crippen molar-refractivity contribution in [2.75, 3.05) is 6.54 Å². The Balaban J connectivity index is 1.47. The van der Waals surface area contributed by atoms with E-state index in [2.05, 4.69) is 31.6 Å². The molecule has 0 N–H and O–H groups in total. The first kappa shape index (κ1) is 16.4. The van der Waals surface area contributed by atoms with E-state index in [0.717, 1.165) is 31.2 Å². The van der Waals surface area contributed by atoms with Crippen molar-refractivity contribution in [2.45, 2.75) is 64.3 Å². The maximum absolute atomic E-state index is 13.7. The molecule has 1 unspecified atom stereocenters. The van der Waals surface area contributed by atoms with Crippen LogP contribution in [-0.2, 0) is 19.6 Å². The van der Waals surface area contributed by atoms with Gasteiger partial charge in [0.2, 0.25) is 0 Å². The molecule has 0 amide bonds. The van der Waals surface area contributed by atoms with E-state index in [1.807, 2.05) is 0 Å². The zero-order valence-electron chi connectivity index (χ0n) is 14.6. The summed E-state index contributed by atoms with van der Waals surface area (Å²) in [6.07, 6.45) is 7.70. The Labute approximate surface area is 147 Å². The van der Waals surface area contributed by atoms with Crippen molar-refractivity contribution in [1.82, 2.24) is 24.6 Å². The standard InChI is InChI=1S/C18H24FN5O/c1-13-11-16-21-22-17(12-25-18-15(19)7-4-8-20-18)24(16)10-9-23(13)14-5-2-3-6-14/h4,7-8,13-14H,2-3,5-6,9-12H2,1H3. The third kappa shape index (κ3) is 3.38. The molecule has 0 aromatic carbocycles. The molecule has 7 heteroatoms. The molecule has 2 aromatic rings. The number of fused-ring (bicyclic) bond motifs is 1. The number of rotatable bonds is 4. The van der Waals surface area contributed by atoms with Gasteiger partial charge in [-0.2, -0.15) is 0 Å². The minimum atomic E-state index is -0.459. The SMILES string of the molecule is CC1Cc2nnc(COc3ncccc3F)n2CCN1C1CCCC1. The minimum Gasteiger partial charge on any atom is -0.467 e. The summed E-state index contributed by atoms with van der Waals surface area (Å²) in [7, 11) is 0. The highest BCUT2D eigenvalue weighted by molar-refractivity contribution is 5.13. The third-order valence-electron chi connectivity index (χ3n) is 5.39. The Morgan fingerprint density at radius 3 is 2.88 bits per heavy atom. The maximum Gasteiger partial charge on any atom is 0.250 e. The van der Waals surface area contributed by atoms with Crippen LogP contribution in [0.1, 0.15) is 44.3 Å². The van der Waals surface area contributed by atoms with Gasteiger partial charge in [-0.1, -0.05) is 12.8 Å². The molecule has 2 aromatic heterocycles. The summed E-state index contributed by atoms with van der Waals surface area (Å²) in [5.74, 6) is 1.28. The van der Waals surface area contributed by atoms with E-state index < -0.39 is 5.82 Å². The molecule has 1 saturated carbocycles. The van der Waals surface area contributed by atoms with Gasteiger partial charge in [0.15, 0.2) is 11.6 Å². The lowest BCUT2D eigenvalue weighted by Gasteiger charge is -2.32. The monoisotopic (exact) mass is 345 g/mol. The smallest absolute Gasteiger partial charge is 0.250 e. The van der Waals surface area contributed by atoms with E-state index in [9.17, 15) is 4.39 Å². The van der Waals surface area contributed by atoms with E-state index in [-0.39, 0.29) is 12.5 Å². The molecule has 0 spiro atoms. The van der Waals surface area contributed by atoms with Gasteiger partial charge in [0.1, 0.15) is 12.4 Å². The number of aromatic nitrogens is 4. The Morgan fingerprint density at radius 1 is 1.24 bits per heavy atom. The summed E-state index contributed by atoms with van der Waals surface area (Å²) >= 11 is 0. The Hall–Kier alpha value is -2.02. The normalized spacial score (nSPS) is 21.9. The summed E-state index contributed by atoms with van der Waals surface area (Å²) in [6.45, 7) is 4.31. The van der Waals surface area contributed by atoms with Gasteiger partial charge in [-0.05, 0) is 31.9 Å². The maximum atomic E-state index is 13.7. The molecule has 1 fully saturated rings. The average Bonchev–Trinajstić information content (AvgIpc) is 3.23. The molecule has 1 aliphatic carbocycles. The van der Waals surface area contributed by atoms with Crippen LogP contribution in [0.5, 0.6) is 5.88 Å². The summed E-state index contributed by atoms with van der Waals surface area (Å²) in [4.78, 5) is 6.55. The number of pyridine rings is 1. The lowest BCUT2D eigenvalue weighted by Crippen LogP contribution is -2.41. The number of ether oxygens (including phenoxy) is 1. The fraction of sp³-hybridized carbons (Fsp3) is 0.611. The van der Waals surface area contributed by atoms with Crippen LogP contribution in [0, 0.1) is 5.82 Å². The van der Waals surface area contributed by atoms with E-state index in [1.165, 1.54) is 37.9 Å². The molecule has 25 heavy (non-hydrogen) atoms. The van der Waals surface area contributed by atoms with Gasteiger partial charge in [0.05, 0.1) is 0 Å². The molecule has 0 radical (unpaired) electrons. The fourth-order valence-electron chi connectivity index (χ4n) is 4.09. The predicted octanol–water partition coefficient (Wildman–Crippen LogP) is 2.58. The molecule has 3 heterocycles. The number of hydrogen-bond acceptors (Lipinski definition) is 5. The van der Waals surface area contributed by atoms with Gasteiger partial charge in [0.25, 0.3) is 5.88 Å². The average molecular weight is 345 g/mol. The van der Waals surface area contributed by atoms with E-state index in [1.54, 1.807) is 6.07 Å². The van der Waals surface area contributed by atoms with Crippen LogP contribution in [0.4, 0.5) is 4.39 Å². The van der Waals surface area contributed by atoms with Crippen LogP contribution in [-0.4, -0.2) is 43.3 Å². The Bertz CT molecular complexity index is 728. The van der Waals surface area contributed by atoms with Gasteiger partial charge in [-0.15, -0.1) is 10.2 Å². The first-order chi connectivity index (χ1) is 12.2. The largest absolute Gasteiger partial charge is 0.467 e. The molecule has 0 saturated heterocycles. The van der Waals surface area contributed by atoms with E-state index >= 15 is 0 Å². The quantitative estimate of drug-likeness (QED) is 0.852. The minimum absolute atomic E-state index is 0.00872. The molecular formula is C18H24FN5O. The highest BCUT2D eigenvalue weighted by Gasteiger charge is 2.30. The molecule has 4 rings (SSSR count). The number of nitrogens with zero attached hydrogens (tertiary/aromatic N) is 5. The molecule has 6 nitrogen and oxygen atoms in total. The molecule has 2 aliphatic rings. The zero-order valence-corrected chi connectivity index (χ0v) is 14.6. The topological polar surface area (TPSA) is 56.1 Å². The lowest BCUT2D eigenvalue weighted by molar-refractivity contribution is 0.146. The molecule has 0 bridgehead atoms. The van der Waals surface area contributed by atoms with Crippen molar-refractivity contribution in [3.63, 3.8) is 0 Å². The molecular weight excluding hydrogens is 321 g/mol. The highest BCUT2D eigenvalue weighted by atomic mass is 19.1. The summed E-state index contributed by atoms with van der Waals surface area (Å²) in [5, 5.41) is 8.62. The van der Waals surface area contributed by atoms with Gasteiger partial charge in [-0.3, -0.25) is 4.90 Å². The summed E-state index contributed by atoms with van der Waals surface area (Å²) in [5.41, 5.74) is 0. The molecule has 1 aliphatic heterocycles. The summed E-state index contributed by atoms with van der Waals surface area (Å²) < 4.78 is 21.3. The third-order valence-corrected chi connectivity index (χ3v) is 5.39.